The molecule has 0 rings (SSSR count). The second-order valence-corrected chi connectivity index (χ2v) is 6.82. The third-order valence-corrected chi connectivity index (χ3v) is 3.08. The average molecular weight is 450 g/mol. The largest absolute Gasteiger partial charge is 2.00 e. The van der Waals surface area contributed by atoms with Crippen molar-refractivity contribution in [1.29, 1.82) is 0 Å². The Labute approximate surface area is 177 Å². The number of esters is 1. The van der Waals surface area contributed by atoms with E-state index >= 15 is 0 Å². The molecule has 0 saturated heterocycles. The molecule has 151 valence electrons. The summed E-state index contributed by atoms with van der Waals surface area (Å²) in [5.74, 6) is -0.235. The molecule has 0 aromatic carbocycles. The second kappa shape index (κ2) is 13.9. The quantitative estimate of drug-likeness (QED) is 0.116. The van der Waals surface area contributed by atoms with Crippen LogP contribution in [0, 0.1) is 0 Å². The minimum atomic E-state index is -0.468. The summed E-state index contributed by atoms with van der Waals surface area (Å²) in [4.78, 5) is 11.6. The molecule has 0 aliphatic carbocycles. The van der Waals surface area contributed by atoms with Gasteiger partial charge in [-0.2, -0.15) is 20.4 Å². The van der Waals surface area contributed by atoms with Gasteiger partial charge in [0, 0.05) is 20.0 Å². The zero-order valence-corrected chi connectivity index (χ0v) is 18.4. The molecule has 0 atom stereocenters. The van der Waals surface area contributed by atoms with Gasteiger partial charge >= 0.3 is 23.0 Å². The fourth-order valence-electron chi connectivity index (χ4n) is 1.29. The van der Waals surface area contributed by atoms with Crippen molar-refractivity contribution in [2.75, 3.05) is 13.6 Å². The average Bonchev–Trinajstić information content (AvgIpc) is 2.52. The monoisotopic (exact) mass is 449 g/mol. The van der Waals surface area contributed by atoms with Gasteiger partial charge < -0.3 is 40.6 Å². The molecule has 0 aromatic heterocycles. The molecule has 0 aliphatic heterocycles. The summed E-state index contributed by atoms with van der Waals surface area (Å²) in [6, 6.07) is 0. The van der Waals surface area contributed by atoms with Crippen LogP contribution in [0.3, 0.4) is 0 Å². The van der Waals surface area contributed by atoms with E-state index in [1.807, 2.05) is 20.8 Å². The third kappa shape index (κ3) is 15.0. The van der Waals surface area contributed by atoms with Crippen molar-refractivity contribution in [3.63, 3.8) is 0 Å². The number of hydrogen-bond donors (Lipinski definition) is 2. The standard InChI is InChI=1S/C15H28N6O2S2.Cu/c1-10(18-20-13(24)16-6)11(2)19-21-14(25)17-9-7-8-12(22)23-15(3,4)5;/h7-9H2,1-6H3,(H2,16,20,24)(H2,17,21,25);/q;+2/p-2. The maximum atomic E-state index is 11.6. The van der Waals surface area contributed by atoms with Gasteiger partial charge in [-0.15, -0.1) is 0 Å². The number of hydrogen-bond acceptors (Lipinski definition) is 8. The summed E-state index contributed by atoms with van der Waals surface area (Å²) < 4.78 is 5.22. The second-order valence-electron chi connectivity index (χ2n) is 6.05. The first-order valence-corrected chi connectivity index (χ1v) is 8.59. The van der Waals surface area contributed by atoms with Crippen molar-refractivity contribution in [3.8, 4) is 0 Å². The Kier molecular flexibility index (Phi) is 14.4. The third-order valence-electron chi connectivity index (χ3n) is 2.57. The van der Waals surface area contributed by atoms with Crippen LogP contribution >= 0.6 is 0 Å². The van der Waals surface area contributed by atoms with Crippen molar-refractivity contribution >= 4 is 53.0 Å². The van der Waals surface area contributed by atoms with Gasteiger partial charge in [-0.25, -0.2) is 0 Å². The van der Waals surface area contributed by atoms with E-state index in [9.17, 15) is 4.79 Å². The number of amidine groups is 2. The Morgan fingerprint density at radius 1 is 1.00 bits per heavy atom. The Bertz CT molecular complexity index is 571. The topological polar surface area (TPSA) is 99.8 Å². The molecule has 0 aliphatic rings. The smallest absolute Gasteiger partial charge is 0.741 e. The molecule has 0 heterocycles. The fraction of sp³-hybridized carbons (Fsp3) is 0.667. The van der Waals surface area contributed by atoms with Crippen LogP contribution in [-0.2, 0) is 51.9 Å². The summed E-state index contributed by atoms with van der Waals surface area (Å²) in [6.07, 6.45) is 0.905. The molecule has 0 aromatic rings. The van der Waals surface area contributed by atoms with Gasteiger partial charge in [0.25, 0.3) is 0 Å². The van der Waals surface area contributed by atoms with Crippen molar-refractivity contribution < 1.29 is 26.6 Å². The number of carbonyl (C=O) groups is 1. The van der Waals surface area contributed by atoms with E-state index in [-0.39, 0.29) is 33.4 Å². The van der Waals surface area contributed by atoms with Crippen LogP contribution in [0.4, 0.5) is 0 Å². The van der Waals surface area contributed by atoms with E-state index in [4.69, 9.17) is 30.0 Å². The summed E-state index contributed by atoms with van der Waals surface area (Å²) in [5.41, 5.74) is 0.680. The van der Waals surface area contributed by atoms with Crippen LogP contribution in [-0.4, -0.2) is 46.9 Å². The predicted octanol–water partition coefficient (Wildman–Crippen LogP) is 1.47. The number of nitrogens with zero attached hydrogens (tertiary/aromatic N) is 4. The maximum absolute atomic E-state index is 11.6. The zero-order valence-electron chi connectivity index (χ0n) is 15.8. The minimum absolute atomic E-state index is 0. The maximum Gasteiger partial charge on any atom is 2.00 e. The van der Waals surface area contributed by atoms with Gasteiger partial charge in [-0.05, 0) is 51.4 Å². The zero-order chi connectivity index (χ0) is 19.5. The summed E-state index contributed by atoms with van der Waals surface area (Å²) in [5, 5.41) is 21.7. The van der Waals surface area contributed by atoms with Crippen LogP contribution in [0.15, 0.2) is 20.4 Å². The number of carbonyl (C=O) groups excluding carboxylic acids is 1. The molecule has 0 fully saturated rings. The molecular weight excluding hydrogens is 424 g/mol. The van der Waals surface area contributed by atoms with Crippen LogP contribution in [0.1, 0.15) is 47.5 Å². The predicted molar refractivity (Wildman–Crippen MR) is 108 cm³/mol. The van der Waals surface area contributed by atoms with Gasteiger partial charge in [-0.1, -0.05) is 0 Å². The molecule has 1 radical (unpaired) electrons. The van der Waals surface area contributed by atoms with E-state index in [2.05, 4.69) is 31.0 Å². The van der Waals surface area contributed by atoms with Crippen LogP contribution in [0.2, 0.25) is 0 Å². The van der Waals surface area contributed by atoms with E-state index in [0.717, 1.165) is 0 Å². The van der Waals surface area contributed by atoms with Gasteiger partial charge in [0.15, 0.2) is 0 Å². The Balaban J connectivity index is 0. The van der Waals surface area contributed by atoms with Crippen molar-refractivity contribution in [2.24, 2.45) is 20.4 Å². The minimum Gasteiger partial charge on any atom is -0.741 e. The summed E-state index contributed by atoms with van der Waals surface area (Å²) in [7, 11) is 1.67. The van der Waals surface area contributed by atoms with E-state index in [0.29, 0.717) is 30.8 Å². The Morgan fingerprint density at radius 3 is 1.96 bits per heavy atom. The van der Waals surface area contributed by atoms with E-state index in [1.165, 1.54) is 0 Å². The Morgan fingerprint density at radius 2 is 1.50 bits per heavy atom. The van der Waals surface area contributed by atoms with Crippen LogP contribution in [0.25, 0.3) is 0 Å². The normalized spacial score (nSPS) is 13.8. The van der Waals surface area contributed by atoms with Crippen LogP contribution in [0.5, 0.6) is 0 Å². The SMILES string of the molecule is CNC([S-])=NN=C(C)C(C)=NN=C([S-])NCCCC(=O)OC(C)(C)C.[Cu+2]. The van der Waals surface area contributed by atoms with Gasteiger partial charge in [-0.3, -0.25) is 4.79 Å². The fourth-order valence-corrected chi connectivity index (χ4v) is 1.48. The first kappa shape index (κ1) is 26.9. The van der Waals surface area contributed by atoms with Crippen LogP contribution < -0.4 is 10.6 Å². The molecule has 0 unspecified atom stereocenters. The van der Waals surface area contributed by atoms with Gasteiger partial charge in [0.1, 0.15) is 5.60 Å². The van der Waals surface area contributed by atoms with Crippen molar-refractivity contribution in [2.45, 2.75) is 53.1 Å². The van der Waals surface area contributed by atoms with E-state index < -0.39 is 5.60 Å². The van der Waals surface area contributed by atoms with Crippen molar-refractivity contribution in [1.82, 2.24) is 10.6 Å². The molecule has 0 bridgehead atoms. The molecule has 8 nitrogen and oxygen atoms in total. The molecule has 2 N–H and O–H groups in total. The number of ether oxygens (including phenoxy) is 1. The summed E-state index contributed by atoms with van der Waals surface area (Å²) >= 11 is 9.92. The number of rotatable bonds is 7. The first-order valence-electron chi connectivity index (χ1n) is 7.77. The molecule has 11 heteroatoms. The molecule has 0 amide bonds. The molecule has 26 heavy (non-hydrogen) atoms. The molecule has 0 saturated carbocycles. The first-order chi connectivity index (χ1) is 11.5. The van der Waals surface area contributed by atoms with Gasteiger partial charge in [0.2, 0.25) is 0 Å². The molecule has 0 spiro atoms. The number of nitrogens with one attached hydrogen (secondary N) is 2. The summed E-state index contributed by atoms with van der Waals surface area (Å²) in [6.45, 7) is 9.50. The van der Waals surface area contributed by atoms with Crippen molar-refractivity contribution in [3.05, 3.63) is 0 Å². The Hall–Kier alpha value is -1.29. The van der Waals surface area contributed by atoms with Gasteiger partial charge in [0.05, 0.1) is 11.4 Å². The van der Waals surface area contributed by atoms with E-state index in [1.54, 1.807) is 20.9 Å². The molecular formula is C15H26CuN6O2S2.